The highest BCUT2D eigenvalue weighted by Gasteiger charge is 2.26. The Labute approximate surface area is 135 Å². The number of aliphatic carboxylic acids is 1. The van der Waals surface area contributed by atoms with E-state index in [9.17, 15) is 19.2 Å². The van der Waals surface area contributed by atoms with Crippen molar-refractivity contribution in [2.45, 2.75) is 39.0 Å². The first-order chi connectivity index (χ1) is 10.7. The number of hydrogen-bond donors (Lipinski definition) is 2. The Morgan fingerprint density at radius 2 is 1.91 bits per heavy atom. The molecule has 3 N–H and O–H groups in total. The van der Waals surface area contributed by atoms with Crippen LogP contribution in [0.25, 0.3) is 0 Å². The maximum Gasteiger partial charge on any atom is 0.308 e. The Morgan fingerprint density at radius 3 is 2.39 bits per heavy atom. The van der Waals surface area contributed by atoms with E-state index in [1.165, 1.54) is 7.11 Å². The number of amides is 1. The lowest BCUT2D eigenvalue weighted by molar-refractivity contribution is -0.147. The third kappa shape index (κ3) is 9.62. The van der Waals surface area contributed by atoms with Crippen molar-refractivity contribution in [1.82, 2.24) is 0 Å². The lowest BCUT2D eigenvalue weighted by atomic mass is 9.88. The van der Waals surface area contributed by atoms with Crippen molar-refractivity contribution in [3.8, 4) is 0 Å². The van der Waals surface area contributed by atoms with Gasteiger partial charge in [-0.15, -0.1) is 0 Å². The molecule has 132 valence electrons. The summed E-state index contributed by atoms with van der Waals surface area (Å²) in [5.41, 5.74) is 4.18. The van der Waals surface area contributed by atoms with Crippen molar-refractivity contribution in [3.63, 3.8) is 0 Å². The maximum atomic E-state index is 11.6. The zero-order chi connectivity index (χ0) is 17.9. The van der Waals surface area contributed by atoms with Gasteiger partial charge >= 0.3 is 11.9 Å². The molecule has 0 saturated carbocycles. The summed E-state index contributed by atoms with van der Waals surface area (Å²) in [7, 11) is 1.26. The molecule has 0 rings (SSSR count). The Bertz CT molecular complexity index is 424. The zero-order valence-corrected chi connectivity index (χ0v) is 13.6. The minimum atomic E-state index is -0.977. The molecule has 0 radical (unpaired) electrons. The molecule has 1 amide bonds. The molecule has 1 unspecified atom stereocenters. The van der Waals surface area contributed by atoms with Crippen LogP contribution in [-0.2, 0) is 28.7 Å². The second kappa shape index (κ2) is 10.7. The van der Waals surface area contributed by atoms with Crippen molar-refractivity contribution < 1.29 is 33.8 Å². The van der Waals surface area contributed by atoms with E-state index in [0.717, 1.165) is 0 Å². The second-order valence-corrected chi connectivity index (χ2v) is 5.73. The molecule has 0 aliphatic heterocycles. The summed E-state index contributed by atoms with van der Waals surface area (Å²) in [6.07, 6.45) is 1.41. The summed E-state index contributed by atoms with van der Waals surface area (Å²) >= 11 is 0. The van der Waals surface area contributed by atoms with E-state index >= 15 is 0 Å². The van der Waals surface area contributed by atoms with Crippen LogP contribution >= 0.6 is 0 Å². The molecule has 8 nitrogen and oxygen atoms in total. The number of hydrogen-bond acceptors (Lipinski definition) is 6. The summed E-state index contributed by atoms with van der Waals surface area (Å²) in [5.74, 6) is -2.43. The molecule has 0 aliphatic carbocycles. The van der Waals surface area contributed by atoms with Crippen LogP contribution in [0.2, 0.25) is 0 Å². The molecule has 0 fully saturated rings. The molecule has 0 aromatic rings. The number of ether oxygens (including phenoxy) is 2. The second-order valence-electron chi connectivity index (χ2n) is 5.73. The predicted octanol–water partition coefficient (Wildman–Crippen LogP) is 0.518. The summed E-state index contributed by atoms with van der Waals surface area (Å²) in [4.78, 5) is 44.1. The average Bonchev–Trinajstić information content (AvgIpc) is 2.51. The fourth-order valence-corrected chi connectivity index (χ4v) is 1.95. The topological polar surface area (TPSA) is 133 Å². The Kier molecular flexibility index (Phi) is 9.80. The van der Waals surface area contributed by atoms with Crippen LogP contribution in [-0.4, -0.2) is 49.6 Å². The van der Waals surface area contributed by atoms with Crippen LogP contribution in [0.1, 0.15) is 39.0 Å². The van der Waals surface area contributed by atoms with Gasteiger partial charge in [0.1, 0.15) is 6.29 Å². The molecule has 0 bridgehead atoms. The van der Waals surface area contributed by atoms with Gasteiger partial charge in [-0.1, -0.05) is 6.92 Å². The molecule has 8 heteroatoms. The van der Waals surface area contributed by atoms with Gasteiger partial charge in [0.2, 0.25) is 5.91 Å². The fourth-order valence-electron chi connectivity index (χ4n) is 1.95. The van der Waals surface area contributed by atoms with Crippen LogP contribution in [0.3, 0.4) is 0 Å². The van der Waals surface area contributed by atoms with Crippen LogP contribution in [0.5, 0.6) is 0 Å². The summed E-state index contributed by atoms with van der Waals surface area (Å²) < 4.78 is 10.1. The van der Waals surface area contributed by atoms with E-state index in [2.05, 4.69) is 4.74 Å². The van der Waals surface area contributed by atoms with Crippen molar-refractivity contribution in [2.75, 3.05) is 20.3 Å². The van der Waals surface area contributed by atoms with Gasteiger partial charge in [0.05, 0.1) is 19.6 Å². The standard InChI is InChI=1S/C15H25NO7/c1-15(9-17,7-5-13(19)20)10-23-8-6-11(14(21)22-2)3-4-12(16)18/h9,11H,3-8,10H2,1-2H3,(H2,16,18)(H,19,20)/t11-,15?/m1/s1. The van der Waals surface area contributed by atoms with Crippen LogP contribution in [0, 0.1) is 11.3 Å². The number of rotatable bonds is 13. The fraction of sp³-hybridized carbons (Fsp3) is 0.733. The van der Waals surface area contributed by atoms with Crippen LogP contribution < -0.4 is 5.73 Å². The van der Waals surface area contributed by atoms with Gasteiger partial charge in [0, 0.05) is 24.9 Å². The molecule has 23 heavy (non-hydrogen) atoms. The van der Waals surface area contributed by atoms with E-state index in [4.69, 9.17) is 15.6 Å². The van der Waals surface area contributed by atoms with Gasteiger partial charge < -0.3 is 25.1 Å². The van der Waals surface area contributed by atoms with Gasteiger partial charge in [0.25, 0.3) is 0 Å². The largest absolute Gasteiger partial charge is 0.481 e. The third-order valence-electron chi connectivity index (χ3n) is 3.51. The molecule has 0 heterocycles. The lowest BCUT2D eigenvalue weighted by Crippen LogP contribution is -2.27. The number of aldehydes is 1. The van der Waals surface area contributed by atoms with Gasteiger partial charge in [-0.3, -0.25) is 14.4 Å². The Balaban J connectivity index is 4.30. The highest BCUT2D eigenvalue weighted by atomic mass is 16.5. The monoisotopic (exact) mass is 331 g/mol. The normalized spacial score (nSPS) is 14.5. The van der Waals surface area contributed by atoms with Crippen molar-refractivity contribution in [3.05, 3.63) is 0 Å². The van der Waals surface area contributed by atoms with E-state index in [-0.39, 0.29) is 38.9 Å². The van der Waals surface area contributed by atoms with E-state index in [1.807, 2.05) is 0 Å². The third-order valence-corrected chi connectivity index (χ3v) is 3.51. The van der Waals surface area contributed by atoms with Gasteiger partial charge in [-0.2, -0.15) is 0 Å². The van der Waals surface area contributed by atoms with Gasteiger partial charge in [-0.05, 0) is 19.3 Å². The van der Waals surface area contributed by atoms with E-state index in [1.54, 1.807) is 6.92 Å². The molecule has 0 aliphatic rings. The summed E-state index contributed by atoms with van der Waals surface area (Å²) in [5, 5.41) is 8.66. The quantitative estimate of drug-likeness (QED) is 0.285. The minimum Gasteiger partial charge on any atom is -0.481 e. The number of esters is 1. The van der Waals surface area contributed by atoms with Crippen molar-refractivity contribution in [2.24, 2.45) is 17.1 Å². The molecule has 0 spiro atoms. The van der Waals surface area contributed by atoms with Crippen molar-refractivity contribution >= 4 is 24.1 Å². The number of carbonyl (C=O) groups is 4. The van der Waals surface area contributed by atoms with E-state index < -0.39 is 29.2 Å². The van der Waals surface area contributed by atoms with Gasteiger partial charge in [0.15, 0.2) is 0 Å². The SMILES string of the molecule is COC(=O)[C@@H](CCOCC(C)(C=O)CCC(=O)O)CCC(N)=O. The molecule has 0 aromatic carbocycles. The number of carboxylic acid groups (broad SMARTS) is 1. The maximum absolute atomic E-state index is 11.6. The Hall–Kier alpha value is -1.96. The number of methoxy groups -OCH3 is 1. The number of nitrogens with two attached hydrogens (primary N) is 1. The van der Waals surface area contributed by atoms with E-state index in [0.29, 0.717) is 12.7 Å². The number of carbonyl (C=O) groups excluding carboxylic acids is 3. The first kappa shape index (κ1) is 21.0. The summed E-state index contributed by atoms with van der Waals surface area (Å²) in [6, 6.07) is 0. The number of primary amides is 1. The summed E-state index contributed by atoms with van der Waals surface area (Å²) in [6.45, 7) is 1.87. The molecular formula is C15H25NO7. The highest BCUT2D eigenvalue weighted by Crippen LogP contribution is 2.21. The molecule has 2 atom stereocenters. The van der Waals surface area contributed by atoms with Gasteiger partial charge in [-0.25, -0.2) is 0 Å². The average molecular weight is 331 g/mol. The van der Waals surface area contributed by atoms with Crippen LogP contribution in [0.15, 0.2) is 0 Å². The predicted molar refractivity (Wildman–Crippen MR) is 80.4 cm³/mol. The molecule has 0 aromatic heterocycles. The first-order valence-corrected chi connectivity index (χ1v) is 7.36. The Morgan fingerprint density at radius 1 is 1.26 bits per heavy atom. The lowest BCUT2D eigenvalue weighted by Gasteiger charge is -2.22. The molecule has 0 saturated heterocycles. The van der Waals surface area contributed by atoms with Crippen LogP contribution in [0.4, 0.5) is 0 Å². The van der Waals surface area contributed by atoms with Crippen molar-refractivity contribution in [1.29, 1.82) is 0 Å². The number of carboxylic acids is 1. The molecular weight excluding hydrogens is 306 g/mol. The smallest absolute Gasteiger partial charge is 0.308 e. The zero-order valence-electron chi connectivity index (χ0n) is 13.6. The minimum absolute atomic E-state index is 0.0630. The first-order valence-electron chi connectivity index (χ1n) is 7.36. The highest BCUT2D eigenvalue weighted by molar-refractivity contribution is 5.76.